The summed E-state index contributed by atoms with van der Waals surface area (Å²) in [6.45, 7) is 2.75. The van der Waals surface area contributed by atoms with Crippen LogP contribution < -0.4 is 0 Å². The smallest absolute Gasteiger partial charge is 0.317 e. The highest BCUT2D eigenvalue weighted by atomic mass is 35.5. The molecule has 0 fully saturated rings. The fourth-order valence-corrected chi connectivity index (χ4v) is 1.68. The highest BCUT2D eigenvalue weighted by Gasteiger charge is 2.09. The standard InChI is InChI=1S/C11H13ClFNO2/c1-2-14(7-11(15)16)6-8-3-9(12)5-10(13)4-8/h3-5H,2,6-7H2,1H3,(H,15,16). The van der Waals surface area contributed by atoms with Crippen LogP contribution >= 0.6 is 11.6 Å². The monoisotopic (exact) mass is 245 g/mol. The minimum absolute atomic E-state index is 0.0648. The Bertz CT molecular complexity index is 364. The van der Waals surface area contributed by atoms with E-state index in [9.17, 15) is 9.18 Å². The summed E-state index contributed by atoms with van der Waals surface area (Å²) in [6.07, 6.45) is 0. The topological polar surface area (TPSA) is 40.5 Å². The third kappa shape index (κ3) is 4.16. The number of hydrogen-bond acceptors (Lipinski definition) is 2. The second-order valence-electron chi connectivity index (χ2n) is 3.47. The van der Waals surface area contributed by atoms with Crippen molar-refractivity contribution in [1.29, 1.82) is 0 Å². The van der Waals surface area contributed by atoms with E-state index in [1.165, 1.54) is 12.1 Å². The van der Waals surface area contributed by atoms with Gasteiger partial charge in [0.25, 0.3) is 0 Å². The third-order valence-corrected chi connectivity index (χ3v) is 2.35. The molecule has 0 unspecified atom stereocenters. The number of nitrogens with zero attached hydrogens (tertiary/aromatic N) is 1. The summed E-state index contributed by atoms with van der Waals surface area (Å²) in [5, 5.41) is 8.98. The van der Waals surface area contributed by atoms with E-state index in [1.54, 1.807) is 11.0 Å². The average molecular weight is 246 g/mol. The summed E-state index contributed by atoms with van der Waals surface area (Å²) in [4.78, 5) is 12.2. The summed E-state index contributed by atoms with van der Waals surface area (Å²) in [5.41, 5.74) is 0.674. The maximum atomic E-state index is 13.0. The minimum atomic E-state index is -0.899. The number of likely N-dealkylation sites (N-methyl/N-ethyl adjacent to an activating group) is 1. The van der Waals surface area contributed by atoms with Gasteiger partial charge in [-0.05, 0) is 30.3 Å². The molecular weight excluding hydrogens is 233 g/mol. The van der Waals surface area contributed by atoms with Crippen LogP contribution in [-0.2, 0) is 11.3 Å². The second-order valence-corrected chi connectivity index (χ2v) is 3.91. The Morgan fingerprint density at radius 2 is 2.19 bits per heavy atom. The molecule has 1 N–H and O–H groups in total. The first kappa shape index (κ1) is 12.9. The van der Waals surface area contributed by atoms with E-state index in [0.717, 1.165) is 0 Å². The van der Waals surface area contributed by atoms with Gasteiger partial charge in [0.2, 0.25) is 0 Å². The Morgan fingerprint density at radius 3 is 2.69 bits per heavy atom. The summed E-state index contributed by atoms with van der Waals surface area (Å²) in [6, 6.07) is 4.21. The largest absolute Gasteiger partial charge is 0.480 e. The molecule has 0 saturated heterocycles. The minimum Gasteiger partial charge on any atom is -0.480 e. The number of carbonyl (C=O) groups is 1. The lowest BCUT2D eigenvalue weighted by molar-refractivity contribution is -0.138. The van der Waals surface area contributed by atoms with Gasteiger partial charge >= 0.3 is 5.97 Å². The molecule has 0 aromatic heterocycles. The quantitative estimate of drug-likeness (QED) is 0.866. The van der Waals surface area contributed by atoms with Crippen LogP contribution in [0.25, 0.3) is 0 Å². The van der Waals surface area contributed by atoms with E-state index in [2.05, 4.69) is 0 Å². The number of aliphatic carboxylic acids is 1. The number of carboxylic acid groups (broad SMARTS) is 1. The first-order chi connectivity index (χ1) is 7.51. The molecule has 1 aromatic carbocycles. The number of hydrogen-bond donors (Lipinski definition) is 1. The zero-order valence-corrected chi connectivity index (χ0v) is 9.67. The summed E-state index contributed by atoms with van der Waals surface area (Å²) >= 11 is 5.71. The molecule has 0 heterocycles. The SMILES string of the molecule is CCN(CC(=O)O)Cc1cc(F)cc(Cl)c1. The molecule has 1 rings (SSSR count). The number of halogens is 2. The number of carboxylic acids is 1. The van der Waals surface area contributed by atoms with Crippen molar-refractivity contribution in [2.24, 2.45) is 0 Å². The summed E-state index contributed by atoms with van der Waals surface area (Å²) < 4.78 is 13.0. The van der Waals surface area contributed by atoms with Gasteiger partial charge in [0, 0.05) is 11.6 Å². The van der Waals surface area contributed by atoms with Crippen molar-refractivity contribution < 1.29 is 14.3 Å². The lowest BCUT2D eigenvalue weighted by Crippen LogP contribution is -2.29. The third-order valence-electron chi connectivity index (χ3n) is 2.13. The Balaban J connectivity index is 2.73. The van der Waals surface area contributed by atoms with Crippen LogP contribution in [-0.4, -0.2) is 29.1 Å². The lowest BCUT2D eigenvalue weighted by atomic mass is 10.2. The highest BCUT2D eigenvalue weighted by molar-refractivity contribution is 6.30. The molecule has 88 valence electrons. The molecule has 0 spiro atoms. The zero-order chi connectivity index (χ0) is 12.1. The van der Waals surface area contributed by atoms with E-state index in [1.807, 2.05) is 6.92 Å². The number of benzene rings is 1. The Morgan fingerprint density at radius 1 is 1.50 bits per heavy atom. The molecule has 0 aliphatic carbocycles. The number of rotatable bonds is 5. The first-order valence-electron chi connectivity index (χ1n) is 4.90. The van der Waals surface area contributed by atoms with Crippen molar-refractivity contribution in [3.8, 4) is 0 Å². The van der Waals surface area contributed by atoms with Crippen molar-refractivity contribution in [2.45, 2.75) is 13.5 Å². The van der Waals surface area contributed by atoms with Gasteiger partial charge in [0.1, 0.15) is 5.82 Å². The van der Waals surface area contributed by atoms with Gasteiger partial charge in [-0.25, -0.2) is 4.39 Å². The molecule has 5 heteroatoms. The molecule has 1 aromatic rings. The van der Waals surface area contributed by atoms with Gasteiger partial charge in [-0.15, -0.1) is 0 Å². The van der Waals surface area contributed by atoms with Gasteiger partial charge in [0.05, 0.1) is 6.54 Å². The van der Waals surface area contributed by atoms with Gasteiger partial charge in [-0.3, -0.25) is 9.69 Å². The average Bonchev–Trinajstić information content (AvgIpc) is 2.14. The predicted molar refractivity (Wildman–Crippen MR) is 60.0 cm³/mol. The molecule has 0 saturated carbocycles. The van der Waals surface area contributed by atoms with Crippen molar-refractivity contribution in [3.05, 3.63) is 34.6 Å². The van der Waals surface area contributed by atoms with E-state index >= 15 is 0 Å². The van der Waals surface area contributed by atoms with E-state index in [-0.39, 0.29) is 6.54 Å². The predicted octanol–water partition coefficient (Wildman–Crippen LogP) is 2.39. The van der Waals surface area contributed by atoms with Crippen molar-refractivity contribution in [3.63, 3.8) is 0 Å². The Hall–Kier alpha value is -1.13. The molecule has 0 aliphatic heterocycles. The van der Waals surface area contributed by atoms with Crippen LogP contribution in [0.15, 0.2) is 18.2 Å². The molecule has 16 heavy (non-hydrogen) atoms. The van der Waals surface area contributed by atoms with Gasteiger partial charge in [-0.2, -0.15) is 0 Å². The van der Waals surface area contributed by atoms with Crippen LogP contribution in [0.1, 0.15) is 12.5 Å². The maximum absolute atomic E-state index is 13.0. The van der Waals surface area contributed by atoms with Crippen molar-refractivity contribution >= 4 is 17.6 Å². The fourth-order valence-electron chi connectivity index (χ4n) is 1.43. The van der Waals surface area contributed by atoms with Crippen molar-refractivity contribution in [2.75, 3.05) is 13.1 Å². The summed E-state index contributed by atoms with van der Waals surface area (Å²) in [5.74, 6) is -1.31. The van der Waals surface area contributed by atoms with Gasteiger partial charge < -0.3 is 5.11 Å². The van der Waals surface area contributed by atoms with Crippen molar-refractivity contribution in [1.82, 2.24) is 4.90 Å². The lowest BCUT2D eigenvalue weighted by Gasteiger charge is -2.18. The van der Waals surface area contributed by atoms with E-state index < -0.39 is 11.8 Å². The van der Waals surface area contributed by atoms with Crippen LogP contribution in [0, 0.1) is 5.82 Å². The van der Waals surface area contributed by atoms with Crippen LogP contribution in [0.4, 0.5) is 4.39 Å². The second kappa shape index (κ2) is 5.82. The van der Waals surface area contributed by atoms with Crippen LogP contribution in [0.3, 0.4) is 0 Å². The van der Waals surface area contributed by atoms with Gasteiger partial charge in [-0.1, -0.05) is 18.5 Å². The maximum Gasteiger partial charge on any atom is 0.317 e. The first-order valence-corrected chi connectivity index (χ1v) is 5.28. The highest BCUT2D eigenvalue weighted by Crippen LogP contribution is 2.15. The van der Waals surface area contributed by atoms with Crippen LogP contribution in [0.5, 0.6) is 0 Å². The van der Waals surface area contributed by atoms with Crippen LogP contribution in [0.2, 0.25) is 5.02 Å². The normalized spacial score (nSPS) is 10.8. The molecule has 0 atom stereocenters. The molecule has 0 amide bonds. The van der Waals surface area contributed by atoms with E-state index in [0.29, 0.717) is 23.7 Å². The van der Waals surface area contributed by atoms with E-state index in [4.69, 9.17) is 16.7 Å². The Kier molecular flexibility index (Phi) is 4.71. The molecule has 0 radical (unpaired) electrons. The van der Waals surface area contributed by atoms with Gasteiger partial charge in [0.15, 0.2) is 0 Å². The molecule has 0 bridgehead atoms. The summed E-state index contributed by atoms with van der Waals surface area (Å²) in [7, 11) is 0. The fraction of sp³-hybridized carbons (Fsp3) is 0.364. The molecular formula is C11H13ClFNO2. The molecule has 3 nitrogen and oxygen atoms in total. The zero-order valence-electron chi connectivity index (χ0n) is 8.91. The Labute approximate surface area is 98.4 Å². The molecule has 0 aliphatic rings.